The summed E-state index contributed by atoms with van der Waals surface area (Å²) in [7, 11) is -3.19. The summed E-state index contributed by atoms with van der Waals surface area (Å²) in [6, 6.07) is 11.9. The van der Waals surface area contributed by atoms with Crippen molar-refractivity contribution in [2.75, 3.05) is 19.3 Å². The topological polar surface area (TPSA) is 79.4 Å². The number of benzene rings is 1. The summed E-state index contributed by atoms with van der Waals surface area (Å²) < 4.78 is 25.1. The largest absolute Gasteiger partial charge is 0.349 e. The molecule has 1 aliphatic carbocycles. The monoisotopic (exact) mass is 481 g/mol. The SMILES string of the molecule is CS(=O)(=O)N1CCC(NC(=O)c2c3c(nc4ccccc24)/C(=C/c2cccs2)CCC3)CC1. The molecule has 3 heterocycles. The molecule has 0 radical (unpaired) electrons. The van der Waals surface area contributed by atoms with Crippen LogP contribution in [0.3, 0.4) is 0 Å². The van der Waals surface area contributed by atoms with Gasteiger partial charge < -0.3 is 5.32 Å². The lowest BCUT2D eigenvalue weighted by molar-refractivity contribution is 0.0924. The van der Waals surface area contributed by atoms with Crippen LogP contribution in [0.5, 0.6) is 0 Å². The van der Waals surface area contributed by atoms with Gasteiger partial charge in [0.2, 0.25) is 10.0 Å². The van der Waals surface area contributed by atoms with Crippen molar-refractivity contribution in [2.45, 2.75) is 38.1 Å². The summed E-state index contributed by atoms with van der Waals surface area (Å²) in [5, 5.41) is 6.15. The fraction of sp³-hybridized carbons (Fsp3) is 0.360. The quantitative estimate of drug-likeness (QED) is 0.602. The molecule has 33 heavy (non-hydrogen) atoms. The van der Waals surface area contributed by atoms with Gasteiger partial charge in [0.25, 0.3) is 5.91 Å². The molecule has 172 valence electrons. The van der Waals surface area contributed by atoms with E-state index < -0.39 is 10.0 Å². The number of sulfonamides is 1. The van der Waals surface area contributed by atoms with Crippen LogP contribution in [-0.4, -0.2) is 49.0 Å². The van der Waals surface area contributed by atoms with Crippen LogP contribution in [0.4, 0.5) is 0 Å². The first-order valence-corrected chi connectivity index (χ1v) is 14.0. The normalized spacial score (nSPS) is 19.0. The number of aromatic nitrogens is 1. The first-order valence-electron chi connectivity index (χ1n) is 11.3. The van der Waals surface area contributed by atoms with Gasteiger partial charge >= 0.3 is 0 Å². The maximum Gasteiger partial charge on any atom is 0.252 e. The zero-order valence-corrected chi connectivity index (χ0v) is 20.2. The molecule has 1 N–H and O–H groups in total. The number of thiophene rings is 1. The van der Waals surface area contributed by atoms with E-state index in [1.807, 2.05) is 30.3 Å². The number of piperidine rings is 1. The van der Waals surface area contributed by atoms with Crippen molar-refractivity contribution in [3.63, 3.8) is 0 Å². The Morgan fingerprint density at radius 1 is 1.15 bits per heavy atom. The zero-order chi connectivity index (χ0) is 23.0. The first kappa shape index (κ1) is 22.3. The van der Waals surface area contributed by atoms with Crippen molar-refractivity contribution in [1.82, 2.24) is 14.6 Å². The van der Waals surface area contributed by atoms with Gasteiger partial charge in [0.05, 0.1) is 23.0 Å². The zero-order valence-electron chi connectivity index (χ0n) is 18.6. The minimum absolute atomic E-state index is 0.0391. The minimum atomic E-state index is -3.19. The van der Waals surface area contributed by atoms with Gasteiger partial charge in [-0.05, 0) is 66.8 Å². The van der Waals surface area contributed by atoms with Crippen molar-refractivity contribution in [3.8, 4) is 0 Å². The van der Waals surface area contributed by atoms with E-state index in [1.165, 1.54) is 21.0 Å². The predicted octanol–water partition coefficient (Wildman–Crippen LogP) is 4.33. The highest BCUT2D eigenvalue weighted by atomic mass is 32.2. The molecule has 8 heteroatoms. The fourth-order valence-electron chi connectivity index (χ4n) is 4.87. The van der Waals surface area contributed by atoms with Crippen molar-refractivity contribution < 1.29 is 13.2 Å². The number of allylic oxidation sites excluding steroid dienone is 1. The standard InChI is InChI=1S/C25H27N3O3S2/c1-33(30,31)28-13-11-18(12-14-28)26-25(29)23-20-8-2-3-10-22(20)27-24-17(6-4-9-21(23)24)16-19-7-5-15-32-19/h2-3,5,7-8,10,15-16,18H,4,6,9,11-14H2,1H3,(H,26,29)/b17-16+. The van der Waals surface area contributed by atoms with Crippen LogP contribution in [0, 0.1) is 0 Å². The van der Waals surface area contributed by atoms with Crippen molar-refractivity contribution in [1.29, 1.82) is 0 Å². The van der Waals surface area contributed by atoms with Gasteiger partial charge in [0.1, 0.15) is 0 Å². The third-order valence-electron chi connectivity index (χ3n) is 6.52. The van der Waals surface area contributed by atoms with E-state index in [9.17, 15) is 13.2 Å². The number of hydrogen-bond acceptors (Lipinski definition) is 5. The van der Waals surface area contributed by atoms with E-state index in [1.54, 1.807) is 11.3 Å². The van der Waals surface area contributed by atoms with E-state index in [0.29, 0.717) is 25.9 Å². The van der Waals surface area contributed by atoms with Crippen LogP contribution in [0.15, 0.2) is 41.8 Å². The van der Waals surface area contributed by atoms with Gasteiger partial charge in [-0.1, -0.05) is 24.3 Å². The Balaban J connectivity index is 1.50. The molecule has 1 fully saturated rings. The minimum Gasteiger partial charge on any atom is -0.349 e. The molecule has 5 rings (SSSR count). The summed E-state index contributed by atoms with van der Waals surface area (Å²) >= 11 is 1.70. The van der Waals surface area contributed by atoms with Gasteiger partial charge in [0, 0.05) is 29.4 Å². The molecule has 0 saturated carbocycles. The first-order chi connectivity index (χ1) is 15.9. The van der Waals surface area contributed by atoms with Gasteiger partial charge in [-0.25, -0.2) is 17.7 Å². The Hall–Kier alpha value is -2.55. The van der Waals surface area contributed by atoms with Gasteiger partial charge in [-0.3, -0.25) is 4.79 Å². The second-order valence-electron chi connectivity index (χ2n) is 8.78. The number of rotatable bonds is 4. The summed E-state index contributed by atoms with van der Waals surface area (Å²) in [6.45, 7) is 0.874. The van der Waals surface area contributed by atoms with Gasteiger partial charge in [-0.15, -0.1) is 11.3 Å². The third-order valence-corrected chi connectivity index (χ3v) is 8.64. The van der Waals surface area contributed by atoms with E-state index in [-0.39, 0.29) is 11.9 Å². The maximum atomic E-state index is 13.6. The Labute approximate surface area is 198 Å². The molecule has 1 aliphatic heterocycles. The van der Waals surface area contributed by atoms with E-state index in [0.717, 1.165) is 47.0 Å². The third kappa shape index (κ3) is 4.60. The Morgan fingerprint density at radius 2 is 1.94 bits per heavy atom. The average Bonchev–Trinajstić information content (AvgIpc) is 3.31. The lowest BCUT2D eigenvalue weighted by Crippen LogP contribution is -2.46. The lowest BCUT2D eigenvalue weighted by atomic mass is 9.86. The molecule has 0 bridgehead atoms. The number of nitrogens with one attached hydrogen (secondary N) is 1. The van der Waals surface area contributed by atoms with Crippen LogP contribution in [0.1, 0.15) is 52.2 Å². The number of pyridine rings is 1. The predicted molar refractivity (Wildman–Crippen MR) is 134 cm³/mol. The average molecular weight is 482 g/mol. The Bertz CT molecular complexity index is 1320. The molecule has 0 atom stereocenters. The van der Waals surface area contributed by atoms with Crippen LogP contribution in [0.2, 0.25) is 0 Å². The van der Waals surface area contributed by atoms with Crippen LogP contribution in [0.25, 0.3) is 22.6 Å². The molecule has 1 saturated heterocycles. The van der Waals surface area contributed by atoms with E-state index in [4.69, 9.17) is 4.98 Å². The van der Waals surface area contributed by atoms with Crippen LogP contribution < -0.4 is 5.32 Å². The van der Waals surface area contributed by atoms with Crippen LogP contribution >= 0.6 is 11.3 Å². The van der Waals surface area contributed by atoms with Crippen molar-refractivity contribution in [3.05, 3.63) is 63.5 Å². The van der Waals surface area contributed by atoms with Gasteiger partial charge in [0.15, 0.2) is 0 Å². The second kappa shape index (κ2) is 9.00. The van der Waals surface area contributed by atoms with Gasteiger partial charge in [-0.2, -0.15) is 0 Å². The number of carbonyl (C=O) groups is 1. The summed E-state index contributed by atoms with van der Waals surface area (Å²) in [5.41, 5.74) is 4.68. The Morgan fingerprint density at radius 3 is 2.67 bits per heavy atom. The second-order valence-corrected chi connectivity index (χ2v) is 11.7. The van der Waals surface area contributed by atoms with Crippen LogP contribution in [-0.2, 0) is 16.4 Å². The molecular weight excluding hydrogens is 454 g/mol. The number of para-hydroxylation sites is 1. The highest BCUT2D eigenvalue weighted by Gasteiger charge is 2.29. The highest BCUT2D eigenvalue weighted by molar-refractivity contribution is 7.88. The number of fused-ring (bicyclic) bond motifs is 2. The highest BCUT2D eigenvalue weighted by Crippen LogP contribution is 2.36. The lowest BCUT2D eigenvalue weighted by Gasteiger charge is -2.31. The molecular formula is C25H27N3O3S2. The molecule has 2 aliphatic rings. The molecule has 1 aromatic carbocycles. The summed E-state index contributed by atoms with van der Waals surface area (Å²) in [6.07, 6.45) is 7.43. The fourth-order valence-corrected chi connectivity index (χ4v) is 6.42. The van der Waals surface area contributed by atoms with Crippen molar-refractivity contribution >= 4 is 49.8 Å². The molecule has 2 aromatic heterocycles. The molecule has 6 nitrogen and oxygen atoms in total. The Kier molecular flexibility index (Phi) is 6.07. The maximum absolute atomic E-state index is 13.6. The molecule has 0 spiro atoms. The number of hydrogen-bond donors (Lipinski definition) is 1. The summed E-state index contributed by atoms with van der Waals surface area (Å²) in [5.74, 6) is -0.0833. The number of nitrogens with zero attached hydrogens (tertiary/aromatic N) is 2. The number of carbonyl (C=O) groups excluding carboxylic acids is 1. The smallest absolute Gasteiger partial charge is 0.252 e. The van der Waals surface area contributed by atoms with Crippen molar-refractivity contribution in [2.24, 2.45) is 0 Å². The van der Waals surface area contributed by atoms with E-state index in [2.05, 4.69) is 22.8 Å². The van der Waals surface area contributed by atoms with E-state index >= 15 is 0 Å². The molecule has 0 unspecified atom stereocenters. The number of amides is 1. The summed E-state index contributed by atoms with van der Waals surface area (Å²) in [4.78, 5) is 19.8. The molecule has 3 aromatic rings. The molecule has 1 amide bonds.